The molecular weight excluding hydrogens is 575 g/mol. The fraction of sp³-hybridized carbons (Fsp3) is 0.321. The Labute approximate surface area is 241 Å². The van der Waals surface area contributed by atoms with Crippen LogP contribution in [0.4, 0.5) is 23.8 Å². The van der Waals surface area contributed by atoms with Crippen LogP contribution >= 0.6 is 11.3 Å². The number of nitrogens with one attached hydrogen (secondary N) is 2. The van der Waals surface area contributed by atoms with E-state index in [-0.39, 0.29) is 34.3 Å². The quantitative estimate of drug-likeness (QED) is 0.194. The van der Waals surface area contributed by atoms with Crippen LogP contribution in [0.1, 0.15) is 49.3 Å². The zero-order chi connectivity index (χ0) is 30.8. The van der Waals surface area contributed by atoms with Gasteiger partial charge in [0, 0.05) is 40.8 Å². The Bertz CT molecular complexity index is 1700. The first kappa shape index (κ1) is 30.7. The van der Waals surface area contributed by atoms with E-state index in [0.717, 1.165) is 16.7 Å². The summed E-state index contributed by atoms with van der Waals surface area (Å²) in [7, 11) is 0. The highest BCUT2D eigenvalue weighted by molar-refractivity contribution is 7.13. The molecular formula is C28H28F3N5O5S. The predicted octanol–water partition coefficient (Wildman–Crippen LogP) is 5.62. The summed E-state index contributed by atoms with van der Waals surface area (Å²) < 4.78 is 41.7. The van der Waals surface area contributed by atoms with Crippen molar-refractivity contribution in [2.75, 3.05) is 18.5 Å². The van der Waals surface area contributed by atoms with Gasteiger partial charge in [-0.05, 0) is 43.0 Å². The van der Waals surface area contributed by atoms with Gasteiger partial charge in [0.25, 0.3) is 0 Å². The second kappa shape index (κ2) is 12.3. The van der Waals surface area contributed by atoms with E-state index in [1.165, 1.54) is 24.5 Å². The van der Waals surface area contributed by atoms with Crippen molar-refractivity contribution in [3.05, 3.63) is 63.5 Å². The van der Waals surface area contributed by atoms with E-state index in [1.54, 1.807) is 23.6 Å². The number of hydrogen-bond donors (Lipinski definition) is 4. The summed E-state index contributed by atoms with van der Waals surface area (Å²) in [5, 5.41) is 25.8. The molecule has 0 unspecified atom stereocenters. The van der Waals surface area contributed by atoms with Gasteiger partial charge in [0.15, 0.2) is 5.69 Å². The number of benzene rings is 1. The summed E-state index contributed by atoms with van der Waals surface area (Å²) >= 11 is 0.746. The van der Waals surface area contributed by atoms with Crippen LogP contribution in [0.15, 0.2) is 46.8 Å². The normalized spacial score (nSPS) is 12.5. The van der Waals surface area contributed by atoms with Gasteiger partial charge in [0.05, 0.1) is 18.2 Å². The molecule has 42 heavy (non-hydrogen) atoms. The van der Waals surface area contributed by atoms with Gasteiger partial charge in [-0.15, -0.1) is 11.3 Å². The third-order valence-corrected chi connectivity index (χ3v) is 7.30. The predicted molar refractivity (Wildman–Crippen MR) is 153 cm³/mol. The molecule has 0 fully saturated rings. The summed E-state index contributed by atoms with van der Waals surface area (Å²) in [5.41, 5.74) is -1.09. The molecule has 0 radical (unpaired) electrons. The number of thiazole rings is 1. The molecule has 0 aliphatic rings. The van der Waals surface area contributed by atoms with Crippen molar-refractivity contribution < 1.29 is 33.0 Å². The number of urea groups is 1. The van der Waals surface area contributed by atoms with Crippen LogP contribution in [0.5, 0.6) is 0 Å². The van der Waals surface area contributed by atoms with E-state index < -0.39 is 40.9 Å². The Morgan fingerprint density at radius 3 is 2.50 bits per heavy atom. The molecule has 4 rings (SSSR count). The lowest BCUT2D eigenvalue weighted by Crippen LogP contribution is -2.28. The number of fused-ring (bicyclic) bond motifs is 1. The number of anilines is 1. The topological polar surface area (TPSA) is 146 Å². The minimum atomic E-state index is -4.68. The van der Waals surface area contributed by atoms with Crippen molar-refractivity contribution >= 4 is 40.1 Å². The highest BCUT2D eigenvalue weighted by Crippen LogP contribution is 2.39. The van der Waals surface area contributed by atoms with Gasteiger partial charge in [-0.25, -0.2) is 19.6 Å². The van der Waals surface area contributed by atoms with E-state index >= 15 is 0 Å². The van der Waals surface area contributed by atoms with Crippen molar-refractivity contribution in [2.45, 2.75) is 39.4 Å². The average molecular weight is 604 g/mol. The number of aliphatic hydroxyl groups excluding tert-OH is 1. The zero-order valence-electron chi connectivity index (χ0n) is 22.8. The Morgan fingerprint density at radius 2 is 1.90 bits per heavy atom. The number of alkyl halides is 3. The minimum absolute atomic E-state index is 0.00672. The lowest BCUT2D eigenvalue weighted by atomic mass is 9.98. The largest absolute Gasteiger partial charge is 0.477 e. The molecule has 0 aliphatic carbocycles. The fourth-order valence-corrected chi connectivity index (χ4v) is 5.43. The van der Waals surface area contributed by atoms with Crippen LogP contribution in [-0.2, 0) is 6.18 Å². The number of halogens is 3. The number of nitrogens with zero attached hydrogens (tertiary/aromatic N) is 3. The molecule has 2 amide bonds. The van der Waals surface area contributed by atoms with Crippen molar-refractivity contribution in [2.24, 2.45) is 5.92 Å². The van der Waals surface area contributed by atoms with Gasteiger partial charge >= 0.3 is 18.2 Å². The molecule has 4 N–H and O–H groups in total. The highest BCUT2D eigenvalue weighted by Gasteiger charge is 2.34. The number of pyridine rings is 2. The smallest absolute Gasteiger partial charge is 0.434 e. The van der Waals surface area contributed by atoms with Crippen LogP contribution in [-0.4, -0.2) is 49.9 Å². The molecule has 14 heteroatoms. The van der Waals surface area contributed by atoms with Gasteiger partial charge in [-0.3, -0.25) is 10.1 Å². The number of aromatic carboxylic acids is 1. The lowest BCUT2D eigenvalue weighted by Gasteiger charge is -2.23. The van der Waals surface area contributed by atoms with Crippen molar-refractivity contribution in [3.63, 3.8) is 0 Å². The molecule has 0 aliphatic heterocycles. The second-order valence-electron chi connectivity index (χ2n) is 9.92. The summed E-state index contributed by atoms with van der Waals surface area (Å²) in [6, 6.07) is 4.97. The number of carbonyl (C=O) groups excluding carboxylic acids is 1. The molecule has 222 valence electrons. The molecule has 4 aromatic rings. The Morgan fingerprint density at radius 1 is 1.17 bits per heavy atom. The number of hydrogen-bond acceptors (Lipinski definition) is 7. The third-order valence-electron chi connectivity index (χ3n) is 6.43. The Hall–Kier alpha value is -4.30. The molecule has 0 spiro atoms. The lowest BCUT2D eigenvalue weighted by molar-refractivity contribution is -0.140. The van der Waals surface area contributed by atoms with Crippen LogP contribution in [0.25, 0.3) is 32.6 Å². The van der Waals surface area contributed by atoms with Crippen LogP contribution in [0, 0.1) is 5.92 Å². The number of aromatic nitrogens is 3. The summed E-state index contributed by atoms with van der Waals surface area (Å²) in [6.07, 6.45) is -1.61. The average Bonchev–Trinajstić information content (AvgIpc) is 3.43. The molecule has 0 saturated carbocycles. The molecule has 10 nitrogen and oxygen atoms in total. The number of rotatable bonds is 9. The SMILES string of the molecule is CCNC(=O)Nc1cc(-c2nc(C(F)(F)F)cs2)c(-c2ccc3c(c2)c(=O)c(C(=O)O)cn3[C@H](CO)CC(C)C)cn1. The monoisotopic (exact) mass is 603 g/mol. The van der Waals surface area contributed by atoms with Crippen molar-refractivity contribution in [1.82, 2.24) is 19.9 Å². The minimum Gasteiger partial charge on any atom is -0.477 e. The van der Waals surface area contributed by atoms with Gasteiger partial charge in [-0.2, -0.15) is 13.2 Å². The first-order valence-electron chi connectivity index (χ1n) is 12.9. The van der Waals surface area contributed by atoms with E-state index in [4.69, 9.17) is 0 Å². The fourth-order valence-electron chi connectivity index (χ4n) is 4.58. The van der Waals surface area contributed by atoms with Gasteiger partial charge < -0.3 is 20.1 Å². The standard InChI is InChI=1S/C28H28F3N5O5S/c1-4-32-27(41)35-23-9-17(25-34-22(13-42-25)28(29,30)31)19(10-33-23)15-5-6-21-18(8-15)24(38)20(26(39)40)11-36(21)16(12-37)7-14(2)3/h5-6,8-11,13-14,16,37H,4,7,12H2,1-3H3,(H,39,40)(H2,32,33,35,41)/t16-/m0/s1. The second-order valence-corrected chi connectivity index (χ2v) is 10.8. The Balaban J connectivity index is 1.95. The maximum atomic E-state index is 13.4. The molecule has 0 bridgehead atoms. The first-order valence-corrected chi connectivity index (χ1v) is 13.8. The van der Waals surface area contributed by atoms with E-state index in [9.17, 15) is 37.8 Å². The van der Waals surface area contributed by atoms with Gasteiger partial charge in [0.2, 0.25) is 5.43 Å². The van der Waals surface area contributed by atoms with E-state index in [1.807, 2.05) is 13.8 Å². The number of aliphatic hydroxyl groups is 1. The van der Waals surface area contributed by atoms with E-state index in [2.05, 4.69) is 20.6 Å². The summed E-state index contributed by atoms with van der Waals surface area (Å²) in [6.45, 7) is 5.65. The molecule has 1 aromatic carbocycles. The van der Waals surface area contributed by atoms with Crippen LogP contribution in [0.2, 0.25) is 0 Å². The molecule has 0 saturated heterocycles. The summed E-state index contributed by atoms with van der Waals surface area (Å²) in [5.74, 6) is -1.23. The molecule has 1 atom stereocenters. The van der Waals surface area contributed by atoms with Crippen molar-refractivity contribution in [3.8, 4) is 21.7 Å². The van der Waals surface area contributed by atoms with Crippen LogP contribution < -0.4 is 16.1 Å². The maximum Gasteiger partial charge on any atom is 0.434 e. The number of carboxylic acids is 1. The highest BCUT2D eigenvalue weighted by atomic mass is 32.1. The van der Waals surface area contributed by atoms with Gasteiger partial charge in [0.1, 0.15) is 16.4 Å². The van der Waals surface area contributed by atoms with E-state index in [0.29, 0.717) is 29.6 Å². The molecule has 3 heterocycles. The maximum absolute atomic E-state index is 13.4. The third kappa shape index (κ3) is 6.44. The summed E-state index contributed by atoms with van der Waals surface area (Å²) in [4.78, 5) is 45.3. The van der Waals surface area contributed by atoms with Crippen LogP contribution in [0.3, 0.4) is 0 Å². The van der Waals surface area contributed by atoms with Crippen molar-refractivity contribution in [1.29, 1.82) is 0 Å². The number of amides is 2. The molecule has 3 aromatic heterocycles. The number of carbonyl (C=O) groups is 2. The number of carboxylic acid groups (broad SMARTS) is 1. The first-order chi connectivity index (χ1) is 19.8. The Kier molecular flexibility index (Phi) is 8.97. The van der Waals surface area contributed by atoms with Gasteiger partial charge in [-0.1, -0.05) is 19.9 Å². The zero-order valence-corrected chi connectivity index (χ0v) is 23.6.